The number of nitriles is 1. The summed E-state index contributed by atoms with van der Waals surface area (Å²) in [5.41, 5.74) is 8.81. The van der Waals surface area contributed by atoms with Crippen LogP contribution in [0.1, 0.15) is 11.1 Å². The monoisotopic (exact) mass is 337 g/mol. The number of nitrogens with two attached hydrogens (primary N) is 1. The van der Waals surface area contributed by atoms with E-state index < -0.39 is 0 Å². The van der Waals surface area contributed by atoms with Crippen molar-refractivity contribution >= 4 is 17.0 Å². The normalized spacial score (nSPS) is 11.0. The molecule has 1 aromatic carbocycles. The lowest BCUT2D eigenvalue weighted by molar-refractivity contribution is 0.246. The predicted octanol–water partition coefficient (Wildman–Crippen LogP) is 1.27. The van der Waals surface area contributed by atoms with Crippen LogP contribution >= 0.6 is 0 Å². The molecule has 0 amide bonds. The van der Waals surface area contributed by atoms with E-state index in [1.807, 2.05) is 35.7 Å². The molecule has 0 saturated heterocycles. The summed E-state index contributed by atoms with van der Waals surface area (Å²) in [5, 5.41) is 8.88. The first-order valence-electron chi connectivity index (χ1n) is 7.81. The summed E-state index contributed by atoms with van der Waals surface area (Å²) < 4.78 is 7.47. The van der Waals surface area contributed by atoms with E-state index in [0.717, 1.165) is 12.1 Å². The summed E-state index contributed by atoms with van der Waals surface area (Å²) in [4.78, 5) is 14.9. The number of nitrogen functional groups attached to an aromatic ring is 1. The summed E-state index contributed by atoms with van der Waals surface area (Å²) in [6.07, 6.45) is 1.68. The second-order valence-electron chi connectivity index (χ2n) is 5.90. The molecule has 0 fully saturated rings. The highest BCUT2D eigenvalue weighted by Crippen LogP contribution is 2.20. The second-order valence-corrected chi connectivity index (χ2v) is 5.90. The van der Waals surface area contributed by atoms with E-state index in [-0.39, 0.29) is 6.01 Å². The van der Waals surface area contributed by atoms with E-state index in [0.29, 0.717) is 35.7 Å². The quantitative estimate of drug-likeness (QED) is 0.722. The van der Waals surface area contributed by atoms with Gasteiger partial charge in [-0.2, -0.15) is 15.2 Å². The molecule has 3 rings (SSSR count). The van der Waals surface area contributed by atoms with Crippen LogP contribution < -0.4 is 10.5 Å². The molecule has 0 aliphatic carbocycles. The van der Waals surface area contributed by atoms with Crippen LogP contribution in [-0.4, -0.2) is 51.7 Å². The van der Waals surface area contributed by atoms with Crippen molar-refractivity contribution in [3.05, 3.63) is 41.7 Å². The number of anilines is 1. The molecule has 128 valence electrons. The average Bonchev–Trinajstić information content (AvgIpc) is 2.99. The van der Waals surface area contributed by atoms with Crippen molar-refractivity contribution in [2.24, 2.45) is 0 Å². The minimum absolute atomic E-state index is 0.244. The van der Waals surface area contributed by atoms with Crippen molar-refractivity contribution in [1.82, 2.24) is 24.4 Å². The minimum Gasteiger partial charge on any atom is -0.462 e. The molecule has 0 unspecified atom stereocenters. The van der Waals surface area contributed by atoms with E-state index in [1.54, 1.807) is 18.5 Å². The van der Waals surface area contributed by atoms with Gasteiger partial charge in [-0.15, -0.1) is 0 Å². The maximum atomic E-state index is 8.88. The number of ether oxygens (including phenoxy) is 1. The third-order valence-corrected chi connectivity index (χ3v) is 3.68. The summed E-state index contributed by atoms with van der Waals surface area (Å²) in [5.74, 6) is 0.295. The molecule has 0 aliphatic heterocycles. The fourth-order valence-electron chi connectivity index (χ4n) is 2.33. The molecular formula is C17H19N7O. The van der Waals surface area contributed by atoms with Gasteiger partial charge in [-0.25, -0.2) is 4.98 Å². The maximum Gasteiger partial charge on any atom is 0.320 e. The van der Waals surface area contributed by atoms with Crippen LogP contribution in [0.15, 0.2) is 30.6 Å². The highest BCUT2D eigenvalue weighted by atomic mass is 16.5. The van der Waals surface area contributed by atoms with Gasteiger partial charge in [0.25, 0.3) is 0 Å². The van der Waals surface area contributed by atoms with Gasteiger partial charge in [0.05, 0.1) is 24.5 Å². The molecule has 3 aromatic rings. The van der Waals surface area contributed by atoms with Gasteiger partial charge in [-0.3, -0.25) is 0 Å². The first-order chi connectivity index (χ1) is 12.1. The third-order valence-electron chi connectivity index (χ3n) is 3.68. The SMILES string of the molecule is CN(C)CCOc1nc(N)c2ncn(Cc3ccc(C#N)cc3)c2n1. The first-order valence-corrected chi connectivity index (χ1v) is 7.81. The Balaban J connectivity index is 1.85. The molecule has 0 spiro atoms. The standard InChI is InChI=1S/C17H19N7O/c1-23(2)7-8-25-17-21-15(19)14-16(22-17)24(11-20-14)10-13-5-3-12(9-18)4-6-13/h3-6,11H,7-8,10H2,1-2H3,(H2,19,21,22). The van der Waals surface area contributed by atoms with Crippen LogP contribution in [0.2, 0.25) is 0 Å². The van der Waals surface area contributed by atoms with Crippen molar-refractivity contribution < 1.29 is 4.74 Å². The van der Waals surface area contributed by atoms with Crippen molar-refractivity contribution in [3.63, 3.8) is 0 Å². The highest BCUT2D eigenvalue weighted by molar-refractivity contribution is 5.81. The number of hydrogen-bond acceptors (Lipinski definition) is 7. The molecule has 0 radical (unpaired) electrons. The topological polar surface area (TPSA) is 106 Å². The summed E-state index contributed by atoms with van der Waals surface area (Å²) in [6, 6.07) is 9.74. The van der Waals surface area contributed by atoms with Crippen LogP contribution in [0, 0.1) is 11.3 Å². The van der Waals surface area contributed by atoms with Gasteiger partial charge in [0, 0.05) is 6.54 Å². The lowest BCUT2D eigenvalue weighted by atomic mass is 10.1. The summed E-state index contributed by atoms with van der Waals surface area (Å²) >= 11 is 0. The Morgan fingerprint density at radius 2 is 2.00 bits per heavy atom. The molecule has 2 aromatic heterocycles. The van der Waals surface area contributed by atoms with Gasteiger partial charge >= 0.3 is 6.01 Å². The molecule has 0 atom stereocenters. The molecular weight excluding hydrogens is 318 g/mol. The lowest BCUT2D eigenvalue weighted by Crippen LogP contribution is -2.20. The van der Waals surface area contributed by atoms with E-state index in [1.165, 1.54) is 0 Å². The Morgan fingerprint density at radius 1 is 1.24 bits per heavy atom. The number of rotatable bonds is 6. The fraction of sp³-hybridized carbons (Fsp3) is 0.294. The molecule has 0 saturated carbocycles. The zero-order valence-corrected chi connectivity index (χ0v) is 14.2. The summed E-state index contributed by atoms with van der Waals surface area (Å²) in [7, 11) is 3.93. The lowest BCUT2D eigenvalue weighted by Gasteiger charge is -2.10. The van der Waals surface area contributed by atoms with Gasteiger partial charge in [-0.05, 0) is 31.8 Å². The number of hydrogen-bond donors (Lipinski definition) is 1. The van der Waals surface area contributed by atoms with Crippen LogP contribution in [0.25, 0.3) is 11.2 Å². The number of benzene rings is 1. The van der Waals surface area contributed by atoms with Crippen LogP contribution in [-0.2, 0) is 6.54 Å². The molecule has 8 nitrogen and oxygen atoms in total. The molecule has 8 heteroatoms. The van der Waals surface area contributed by atoms with E-state index >= 15 is 0 Å². The first kappa shape index (κ1) is 16.7. The minimum atomic E-state index is 0.244. The summed E-state index contributed by atoms with van der Waals surface area (Å²) in [6.45, 7) is 1.79. The Kier molecular flexibility index (Phi) is 4.77. The van der Waals surface area contributed by atoms with Gasteiger partial charge in [0.15, 0.2) is 17.0 Å². The van der Waals surface area contributed by atoms with Crippen molar-refractivity contribution in [2.75, 3.05) is 33.0 Å². The number of aromatic nitrogens is 4. The number of nitrogens with zero attached hydrogens (tertiary/aromatic N) is 6. The van der Waals surface area contributed by atoms with E-state index in [9.17, 15) is 0 Å². The highest BCUT2D eigenvalue weighted by Gasteiger charge is 2.12. The Labute approximate surface area is 145 Å². The van der Waals surface area contributed by atoms with E-state index in [4.69, 9.17) is 15.7 Å². The predicted molar refractivity (Wildman–Crippen MR) is 94.0 cm³/mol. The Hall–Kier alpha value is -3.18. The number of fused-ring (bicyclic) bond motifs is 1. The molecule has 2 heterocycles. The van der Waals surface area contributed by atoms with Crippen LogP contribution in [0.4, 0.5) is 5.82 Å². The fourth-order valence-corrected chi connectivity index (χ4v) is 2.33. The van der Waals surface area contributed by atoms with Crippen molar-refractivity contribution in [2.45, 2.75) is 6.54 Å². The number of likely N-dealkylation sites (N-methyl/N-ethyl adjacent to an activating group) is 1. The molecule has 2 N–H and O–H groups in total. The Bertz CT molecular complexity index is 909. The maximum absolute atomic E-state index is 8.88. The molecule has 0 bridgehead atoms. The van der Waals surface area contributed by atoms with Gasteiger partial charge in [-0.1, -0.05) is 12.1 Å². The van der Waals surface area contributed by atoms with Gasteiger partial charge in [0.2, 0.25) is 0 Å². The molecule has 25 heavy (non-hydrogen) atoms. The largest absolute Gasteiger partial charge is 0.462 e. The second kappa shape index (κ2) is 7.15. The average molecular weight is 337 g/mol. The van der Waals surface area contributed by atoms with Crippen molar-refractivity contribution in [3.8, 4) is 12.1 Å². The number of imidazole rings is 1. The van der Waals surface area contributed by atoms with Crippen LogP contribution in [0.3, 0.4) is 0 Å². The van der Waals surface area contributed by atoms with Gasteiger partial charge < -0.3 is 19.9 Å². The zero-order chi connectivity index (χ0) is 17.8. The zero-order valence-electron chi connectivity index (χ0n) is 14.2. The smallest absolute Gasteiger partial charge is 0.320 e. The molecule has 0 aliphatic rings. The van der Waals surface area contributed by atoms with Crippen LogP contribution in [0.5, 0.6) is 6.01 Å². The third kappa shape index (κ3) is 3.84. The van der Waals surface area contributed by atoms with Crippen molar-refractivity contribution in [1.29, 1.82) is 5.26 Å². The van der Waals surface area contributed by atoms with E-state index in [2.05, 4.69) is 21.0 Å². The van der Waals surface area contributed by atoms with Gasteiger partial charge in [0.1, 0.15) is 6.61 Å². The Morgan fingerprint density at radius 3 is 2.68 bits per heavy atom.